The molecule has 0 saturated carbocycles. The van der Waals surface area contributed by atoms with E-state index in [1.54, 1.807) is 0 Å². The Morgan fingerprint density at radius 3 is 3.22 bits per heavy atom. The summed E-state index contributed by atoms with van der Waals surface area (Å²) in [6, 6.07) is 0. The fourth-order valence-corrected chi connectivity index (χ4v) is 1.43. The van der Waals surface area contributed by atoms with Gasteiger partial charge >= 0.3 is 0 Å². The third-order valence-corrected chi connectivity index (χ3v) is 2.34. The molecule has 0 bridgehead atoms. The van der Waals surface area contributed by atoms with Gasteiger partial charge in [0.1, 0.15) is 5.37 Å². The predicted molar refractivity (Wildman–Crippen MR) is 39.4 cm³/mol. The van der Waals surface area contributed by atoms with E-state index >= 15 is 0 Å². The molecule has 0 aromatic rings. The third kappa shape index (κ3) is 2.22. The average molecular weight is 145 g/mol. The van der Waals surface area contributed by atoms with Crippen LogP contribution in [0.5, 0.6) is 0 Å². The zero-order chi connectivity index (χ0) is 6.53. The van der Waals surface area contributed by atoms with Crippen LogP contribution in [0.25, 0.3) is 0 Å². The van der Waals surface area contributed by atoms with E-state index in [2.05, 4.69) is 22.7 Å². The standard InChI is InChI=1S/C5H11N3S/c1-2-3-9-5-4-6-8-7-5/h5H,2-4H2,1H3,(H,6,7). The van der Waals surface area contributed by atoms with Crippen LogP contribution in [0.4, 0.5) is 0 Å². The first-order chi connectivity index (χ1) is 4.43. The molecule has 0 aromatic carbocycles. The lowest BCUT2D eigenvalue weighted by Gasteiger charge is -2.04. The Hall–Kier alpha value is -0.250. The minimum Gasteiger partial charge on any atom is -0.277 e. The molecule has 0 saturated heterocycles. The molecule has 9 heavy (non-hydrogen) atoms. The molecule has 0 fully saturated rings. The van der Waals surface area contributed by atoms with Crippen LogP contribution in [-0.4, -0.2) is 17.7 Å². The Labute approximate surface area is 59.3 Å². The minimum absolute atomic E-state index is 0.449. The first-order valence-corrected chi connectivity index (χ1v) is 4.22. The van der Waals surface area contributed by atoms with Crippen LogP contribution in [0.15, 0.2) is 10.3 Å². The van der Waals surface area contributed by atoms with Crippen molar-refractivity contribution in [3.8, 4) is 0 Å². The molecule has 1 N–H and O–H groups in total. The van der Waals surface area contributed by atoms with Crippen molar-refractivity contribution in [1.29, 1.82) is 0 Å². The Morgan fingerprint density at radius 1 is 1.78 bits per heavy atom. The smallest absolute Gasteiger partial charge is 0.112 e. The zero-order valence-electron chi connectivity index (χ0n) is 5.50. The maximum absolute atomic E-state index is 3.81. The third-order valence-electron chi connectivity index (χ3n) is 1.04. The highest BCUT2D eigenvalue weighted by Crippen LogP contribution is 2.12. The Balaban J connectivity index is 2.01. The highest BCUT2D eigenvalue weighted by atomic mass is 32.2. The number of rotatable bonds is 3. The molecular weight excluding hydrogens is 134 g/mol. The summed E-state index contributed by atoms with van der Waals surface area (Å²) < 4.78 is 0. The lowest BCUT2D eigenvalue weighted by Crippen LogP contribution is -2.17. The Bertz CT molecular complexity index is 96.4. The van der Waals surface area contributed by atoms with E-state index in [1.165, 1.54) is 12.2 Å². The lowest BCUT2D eigenvalue weighted by molar-refractivity contribution is 0.781. The topological polar surface area (TPSA) is 36.8 Å². The molecule has 0 amide bonds. The molecule has 1 rings (SSSR count). The van der Waals surface area contributed by atoms with Crippen LogP contribution >= 0.6 is 11.8 Å². The fraction of sp³-hybridized carbons (Fsp3) is 1.00. The van der Waals surface area contributed by atoms with Gasteiger partial charge in [0.25, 0.3) is 0 Å². The van der Waals surface area contributed by atoms with Gasteiger partial charge in [-0.1, -0.05) is 12.1 Å². The molecular formula is C5H11N3S. The summed E-state index contributed by atoms with van der Waals surface area (Å²) in [6.07, 6.45) is 1.23. The zero-order valence-corrected chi connectivity index (χ0v) is 6.32. The highest BCUT2D eigenvalue weighted by molar-refractivity contribution is 7.99. The van der Waals surface area contributed by atoms with Crippen molar-refractivity contribution in [3.05, 3.63) is 0 Å². The monoisotopic (exact) mass is 145 g/mol. The van der Waals surface area contributed by atoms with Gasteiger partial charge in [0.2, 0.25) is 0 Å². The number of hydrogen-bond donors (Lipinski definition) is 1. The van der Waals surface area contributed by atoms with Crippen LogP contribution < -0.4 is 5.43 Å². The molecule has 1 aliphatic rings. The van der Waals surface area contributed by atoms with E-state index in [1.807, 2.05) is 11.8 Å². The van der Waals surface area contributed by atoms with Crippen molar-refractivity contribution in [2.45, 2.75) is 18.7 Å². The number of hydrogen-bond acceptors (Lipinski definition) is 4. The number of nitrogens with one attached hydrogen (secondary N) is 1. The predicted octanol–water partition coefficient (Wildman–Crippen LogP) is 1.43. The SMILES string of the molecule is CCCSC1CN=NN1. The van der Waals surface area contributed by atoms with E-state index in [9.17, 15) is 0 Å². The Kier molecular flexibility index (Phi) is 2.83. The summed E-state index contributed by atoms with van der Waals surface area (Å²) in [5.74, 6) is 1.20. The molecule has 52 valence electrons. The summed E-state index contributed by atoms with van der Waals surface area (Å²) >= 11 is 1.89. The lowest BCUT2D eigenvalue weighted by atomic mass is 10.6. The quantitative estimate of drug-likeness (QED) is 0.652. The van der Waals surface area contributed by atoms with Gasteiger partial charge in [-0.25, -0.2) is 0 Å². The van der Waals surface area contributed by atoms with Crippen LogP contribution in [0.1, 0.15) is 13.3 Å². The molecule has 0 aliphatic carbocycles. The number of nitrogens with zero attached hydrogens (tertiary/aromatic N) is 2. The van der Waals surface area contributed by atoms with Crippen molar-refractivity contribution < 1.29 is 0 Å². The van der Waals surface area contributed by atoms with E-state index in [4.69, 9.17) is 0 Å². The van der Waals surface area contributed by atoms with Crippen LogP contribution in [-0.2, 0) is 0 Å². The van der Waals surface area contributed by atoms with Gasteiger partial charge in [-0.3, -0.25) is 5.43 Å². The molecule has 1 unspecified atom stereocenters. The van der Waals surface area contributed by atoms with Gasteiger partial charge < -0.3 is 0 Å². The van der Waals surface area contributed by atoms with E-state index < -0.39 is 0 Å². The molecule has 1 aliphatic heterocycles. The first-order valence-electron chi connectivity index (χ1n) is 3.17. The van der Waals surface area contributed by atoms with Crippen molar-refractivity contribution in [2.75, 3.05) is 12.3 Å². The minimum atomic E-state index is 0.449. The fourth-order valence-electron chi connectivity index (χ4n) is 0.611. The molecule has 0 radical (unpaired) electrons. The van der Waals surface area contributed by atoms with Gasteiger partial charge in [-0.2, -0.15) is 5.11 Å². The van der Waals surface area contributed by atoms with Gasteiger partial charge in [0.15, 0.2) is 0 Å². The molecule has 3 nitrogen and oxygen atoms in total. The second-order valence-electron chi connectivity index (χ2n) is 1.91. The molecule has 0 spiro atoms. The van der Waals surface area contributed by atoms with E-state index in [0.29, 0.717) is 5.37 Å². The van der Waals surface area contributed by atoms with Crippen LogP contribution in [0.2, 0.25) is 0 Å². The first kappa shape index (κ1) is 6.86. The Morgan fingerprint density at radius 2 is 2.67 bits per heavy atom. The van der Waals surface area contributed by atoms with Gasteiger partial charge in [-0.15, -0.1) is 11.8 Å². The normalized spacial score (nSPS) is 24.3. The summed E-state index contributed by atoms with van der Waals surface area (Å²) in [4.78, 5) is 0. The number of thioether (sulfide) groups is 1. The van der Waals surface area contributed by atoms with Crippen LogP contribution in [0, 0.1) is 0 Å². The maximum atomic E-state index is 3.81. The molecule has 1 heterocycles. The van der Waals surface area contributed by atoms with Crippen molar-refractivity contribution in [2.24, 2.45) is 10.3 Å². The van der Waals surface area contributed by atoms with Crippen molar-refractivity contribution in [3.63, 3.8) is 0 Å². The van der Waals surface area contributed by atoms with Gasteiger partial charge in [0, 0.05) is 0 Å². The van der Waals surface area contributed by atoms with E-state index in [0.717, 1.165) is 6.54 Å². The summed E-state index contributed by atoms with van der Waals surface area (Å²) in [6.45, 7) is 3.01. The van der Waals surface area contributed by atoms with Gasteiger partial charge in [-0.05, 0) is 12.2 Å². The molecule has 0 aromatic heterocycles. The van der Waals surface area contributed by atoms with E-state index in [-0.39, 0.29) is 0 Å². The summed E-state index contributed by atoms with van der Waals surface area (Å²) in [5.41, 5.74) is 2.91. The summed E-state index contributed by atoms with van der Waals surface area (Å²) in [7, 11) is 0. The average Bonchev–Trinajstić information content (AvgIpc) is 2.34. The van der Waals surface area contributed by atoms with Crippen LogP contribution in [0.3, 0.4) is 0 Å². The summed E-state index contributed by atoms with van der Waals surface area (Å²) in [5, 5.41) is 7.93. The van der Waals surface area contributed by atoms with Crippen molar-refractivity contribution in [1.82, 2.24) is 5.43 Å². The molecule has 1 atom stereocenters. The highest BCUT2D eigenvalue weighted by Gasteiger charge is 2.09. The van der Waals surface area contributed by atoms with Gasteiger partial charge in [0.05, 0.1) is 6.54 Å². The maximum Gasteiger partial charge on any atom is 0.112 e. The second kappa shape index (κ2) is 3.71. The van der Waals surface area contributed by atoms with Crippen molar-refractivity contribution >= 4 is 11.8 Å². The largest absolute Gasteiger partial charge is 0.277 e. The second-order valence-corrected chi connectivity index (χ2v) is 3.22. The molecule has 4 heteroatoms.